The molecule has 0 atom stereocenters. The van der Waals surface area contributed by atoms with Crippen molar-refractivity contribution in [1.82, 2.24) is 9.88 Å². The van der Waals surface area contributed by atoms with E-state index in [9.17, 15) is 4.79 Å². The fourth-order valence-electron chi connectivity index (χ4n) is 2.00. The smallest absolute Gasteiger partial charge is 0.254 e. The van der Waals surface area contributed by atoms with E-state index in [1.807, 2.05) is 41.9 Å². The molecule has 3 heterocycles. The van der Waals surface area contributed by atoms with Crippen molar-refractivity contribution >= 4 is 17.2 Å². The van der Waals surface area contributed by atoms with Crippen molar-refractivity contribution < 1.29 is 9.53 Å². The first-order chi connectivity index (χ1) is 9.22. The largest absolute Gasteiger partial charge is 0.471 e. The lowest BCUT2D eigenvalue weighted by Gasteiger charge is -2.38. The molecule has 1 saturated heterocycles. The van der Waals surface area contributed by atoms with E-state index in [0.717, 1.165) is 11.3 Å². The van der Waals surface area contributed by atoms with Gasteiger partial charge in [0.1, 0.15) is 6.10 Å². The number of rotatable bonds is 3. The van der Waals surface area contributed by atoms with Gasteiger partial charge < -0.3 is 9.64 Å². The molecule has 98 valence electrons. The van der Waals surface area contributed by atoms with Gasteiger partial charge in [0.2, 0.25) is 5.88 Å². The van der Waals surface area contributed by atoms with Gasteiger partial charge in [0.25, 0.3) is 5.91 Å². The number of carbonyl (C=O) groups excluding carboxylic acids is 1. The van der Waals surface area contributed by atoms with Crippen LogP contribution in [0.25, 0.3) is 0 Å². The van der Waals surface area contributed by atoms with Crippen LogP contribution in [0.2, 0.25) is 0 Å². The predicted octanol–water partition coefficient (Wildman–Crippen LogP) is 2.35. The number of thiophene rings is 1. The number of ether oxygens (including phenoxy) is 1. The van der Waals surface area contributed by atoms with Crippen molar-refractivity contribution in [3.05, 3.63) is 46.3 Å². The van der Waals surface area contributed by atoms with Gasteiger partial charge >= 0.3 is 0 Å². The SMILES string of the molecule is Cc1cccc(OC2CN(C(=O)c3ccsc3)C2)n1. The molecule has 4 nitrogen and oxygen atoms in total. The number of amides is 1. The molecule has 2 aromatic heterocycles. The highest BCUT2D eigenvalue weighted by atomic mass is 32.1. The maximum absolute atomic E-state index is 12.0. The zero-order valence-electron chi connectivity index (χ0n) is 10.6. The molecule has 0 bridgehead atoms. The maximum Gasteiger partial charge on any atom is 0.254 e. The highest BCUT2D eigenvalue weighted by Crippen LogP contribution is 2.19. The van der Waals surface area contributed by atoms with Crippen molar-refractivity contribution in [2.75, 3.05) is 13.1 Å². The Bertz CT molecular complexity index is 577. The minimum Gasteiger partial charge on any atom is -0.471 e. The highest BCUT2D eigenvalue weighted by Gasteiger charge is 2.33. The van der Waals surface area contributed by atoms with Crippen LogP contribution < -0.4 is 4.74 Å². The van der Waals surface area contributed by atoms with Crippen LogP contribution in [0.5, 0.6) is 5.88 Å². The minimum absolute atomic E-state index is 0.0527. The fourth-order valence-corrected chi connectivity index (χ4v) is 2.63. The van der Waals surface area contributed by atoms with Crippen molar-refractivity contribution in [2.24, 2.45) is 0 Å². The third-order valence-electron chi connectivity index (χ3n) is 3.05. The molecule has 1 amide bonds. The molecule has 0 unspecified atom stereocenters. The molecule has 0 radical (unpaired) electrons. The molecule has 1 aliphatic heterocycles. The van der Waals surface area contributed by atoms with Gasteiger partial charge in [0, 0.05) is 17.1 Å². The summed E-state index contributed by atoms with van der Waals surface area (Å²) in [7, 11) is 0. The van der Waals surface area contributed by atoms with Crippen molar-refractivity contribution in [1.29, 1.82) is 0 Å². The normalized spacial score (nSPS) is 15.1. The number of hydrogen-bond acceptors (Lipinski definition) is 4. The number of pyridine rings is 1. The summed E-state index contributed by atoms with van der Waals surface area (Å²) in [5.41, 5.74) is 1.69. The molecule has 19 heavy (non-hydrogen) atoms. The summed E-state index contributed by atoms with van der Waals surface area (Å²) in [5, 5.41) is 3.79. The van der Waals surface area contributed by atoms with Crippen LogP contribution >= 0.6 is 11.3 Å². The second-order valence-electron chi connectivity index (χ2n) is 4.58. The molecule has 0 spiro atoms. The second-order valence-corrected chi connectivity index (χ2v) is 5.36. The molecular formula is C14H14N2O2S. The van der Waals surface area contributed by atoms with Crippen LogP contribution in [0.15, 0.2) is 35.0 Å². The lowest BCUT2D eigenvalue weighted by Crippen LogP contribution is -2.56. The molecule has 1 aliphatic rings. The number of likely N-dealkylation sites (tertiary alicyclic amines) is 1. The van der Waals surface area contributed by atoms with Crippen LogP contribution in [0.4, 0.5) is 0 Å². The molecule has 0 aliphatic carbocycles. The summed E-state index contributed by atoms with van der Waals surface area (Å²) in [6, 6.07) is 7.55. The summed E-state index contributed by atoms with van der Waals surface area (Å²) in [6.45, 7) is 3.19. The number of carbonyl (C=O) groups is 1. The Labute approximate surface area is 115 Å². The van der Waals surface area contributed by atoms with Gasteiger partial charge in [-0.05, 0) is 24.4 Å². The van der Waals surface area contributed by atoms with E-state index in [4.69, 9.17) is 4.74 Å². The maximum atomic E-state index is 12.0. The summed E-state index contributed by atoms with van der Waals surface area (Å²) in [4.78, 5) is 18.1. The monoisotopic (exact) mass is 274 g/mol. The Morgan fingerprint density at radius 1 is 1.42 bits per heavy atom. The van der Waals surface area contributed by atoms with Crippen LogP contribution in [0.3, 0.4) is 0 Å². The van der Waals surface area contributed by atoms with Crippen molar-refractivity contribution in [3.63, 3.8) is 0 Å². The van der Waals surface area contributed by atoms with E-state index in [-0.39, 0.29) is 12.0 Å². The third-order valence-corrected chi connectivity index (χ3v) is 3.74. The van der Waals surface area contributed by atoms with E-state index in [1.165, 1.54) is 11.3 Å². The summed E-state index contributed by atoms with van der Waals surface area (Å²) >= 11 is 1.54. The Kier molecular flexibility index (Phi) is 3.21. The minimum atomic E-state index is 0.0527. The molecular weight excluding hydrogens is 260 g/mol. The van der Waals surface area contributed by atoms with E-state index < -0.39 is 0 Å². The Balaban J connectivity index is 1.54. The van der Waals surface area contributed by atoms with Crippen molar-refractivity contribution in [3.8, 4) is 5.88 Å². The first-order valence-corrected chi connectivity index (χ1v) is 7.08. The fraction of sp³-hybridized carbons (Fsp3) is 0.286. The Morgan fingerprint density at radius 2 is 2.26 bits per heavy atom. The molecule has 3 rings (SSSR count). The molecule has 1 fully saturated rings. The second kappa shape index (κ2) is 5.01. The van der Waals surface area contributed by atoms with Gasteiger partial charge in [0.05, 0.1) is 18.7 Å². The van der Waals surface area contributed by atoms with Crippen LogP contribution in [-0.4, -0.2) is 35.0 Å². The molecule has 0 saturated carbocycles. The predicted molar refractivity (Wildman–Crippen MR) is 73.6 cm³/mol. The summed E-state index contributed by atoms with van der Waals surface area (Å²) in [6.07, 6.45) is 0.0527. The van der Waals surface area contributed by atoms with Gasteiger partial charge in [-0.25, -0.2) is 4.98 Å². The van der Waals surface area contributed by atoms with Gasteiger partial charge in [-0.15, -0.1) is 0 Å². The molecule has 5 heteroatoms. The number of nitrogens with zero attached hydrogens (tertiary/aromatic N) is 2. The number of hydrogen-bond donors (Lipinski definition) is 0. The number of aryl methyl sites for hydroxylation is 1. The zero-order chi connectivity index (χ0) is 13.2. The van der Waals surface area contributed by atoms with Crippen LogP contribution in [0.1, 0.15) is 16.1 Å². The standard InChI is InChI=1S/C14H14N2O2S/c1-10-3-2-4-13(15-10)18-12-7-16(8-12)14(17)11-5-6-19-9-11/h2-6,9,12H,7-8H2,1H3. The Hall–Kier alpha value is -1.88. The number of aromatic nitrogens is 1. The van der Waals surface area contributed by atoms with Crippen LogP contribution in [-0.2, 0) is 0 Å². The molecule has 0 aromatic carbocycles. The molecule has 2 aromatic rings. The van der Waals surface area contributed by atoms with Crippen molar-refractivity contribution in [2.45, 2.75) is 13.0 Å². The Morgan fingerprint density at radius 3 is 2.95 bits per heavy atom. The lowest BCUT2D eigenvalue weighted by molar-refractivity contribution is 0.0160. The van der Waals surface area contributed by atoms with E-state index in [2.05, 4.69) is 4.98 Å². The van der Waals surface area contributed by atoms with Gasteiger partial charge in [-0.3, -0.25) is 4.79 Å². The van der Waals surface area contributed by atoms with Gasteiger partial charge in [-0.1, -0.05) is 6.07 Å². The quantitative estimate of drug-likeness (QED) is 0.863. The average Bonchev–Trinajstić information content (AvgIpc) is 2.86. The summed E-state index contributed by atoms with van der Waals surface area (Å²) < 4.78 is 5.73. The summed E-state index contributed by atoms with van der Waals surface area (Å²) in [5.74, 6) is 0.714. The first kappa shape index (κ1) is 12.2. The zero-order valence-corrected chi connectivity index (χ0v) is 11.4. The average molecular weight is 274 g/mol. The molecule has 0 N–H and O–H groups in total. The highest BCUT2D eigenvalue weighted by molar-refractivity contribution is 7.08. The lowest BCUT2D eigenvalue weighted by atomic mass is 10.1. The van der Waals surface area contributed by atoms with Gasteiger partial charge in [0.15, 0.2) is 0 Å². The van der Waals surface area contributed by atoms with E-state index in [0.29, 0.717) is 19.0 Å². The van der Waals surface area contributed by atoms with E-state index >= 15 is 0 Å². The van der Waals surface area contributed by atoms with Gasteiger partial charge in [-0.2, -0.15) is 11.3 Å². The first-order valence-electron chi connectivity index (χ1n) is 6.14. The third kappa shape index (κ3) is 2.61. The van der Waals surface area contributed by atoms with E-state index in [1.54, 1.807) is 4.90 Å². The topological polar surface area (TPSA) is 42.4 Å². The van der Waals surface area contributed by atoms with Crippen LogP contribution in [0, 0.1) is 6.92 Å².